The number of anilines is 1. The molecular formula is C12H13N3O2S. The number of hydrogen-bond acceptors (Lipinski definition) is 5. The number of aromatic carboxylic acids is 1. The van der Waals surface area contributed by atoms with Crippen LogP contribution in [0.15, 0.2) is 23.7 Å². The fraction of sp³-hybridized carbons (Fsp3) is 0.250. The number of rotatable bonds is 5. The zero-order valence-corrected chi connectivity index (χ0v) is 10.7. The molecule has 0 aromatic carbocycles. The molecule has 2 aromatic heterocycles. The van der Waals surface area contributed by atoms with Crippen molar-refractivity contribution in [1.82, 2.24) is 9.97 Å². The quantitative estimate of drug-likeness (QED) is 0.865. The molecule has 2 N–H and O–H groups in total. The van der Waals surface area contributed by atoms with E-state index in [4.69, 9.17) is 5.11 Å². The SMILES string of the molecule is Cc1nc(CCNc2ccc(C(=O)O)nc2)cs1. The molecule has 2 rings (SSSR count). The first kappa shape index (κ1) is 12.5. The molecule has 0 fully saturated rings. The molecule has 0 aliphatic rings. The lowest BCUT2D eigenvalue weighted by atomic mass is 10.3. The Hall–Kier alpha value is -1.95. The van der Waals surface area contributed by atoms with Gasteiger partial charge in [-0.15, -0.1) is 11.3 Å². The van der Waals surface area contributed by atoms with E-state index in [1.54, 1.807) is 17.4 Å². The van der Waals surface area contributed by atoms with E-state index in [9.17, 15) is 4.79 Å². The number of nitrogens with one attached hydrogen (secondary N) is 1. The van der Waals surface area contributed by atoms with Crippen LogP contribution in [0.1, 0.15) is 21.2 Å². The van der Waals surface area contributed by atoms with Gasteiger partial charge in [0.05, 0.1) is 22.6 Å². The van der Waals surface area contributed by atoms with Crippen LogP contribution in [0.2, 0.25) is 0 Å². The number of carboxylic acids is 1. The van der Waals surface area contributed by atoms with Crippen molar-refractivity contribution < 1.29 is 9.90 Å². The average molecular weight is 263 g/mol. The summed E-state index contributed by atoms with van der Waals surface area (Å²) in [5.74, 6) is -1.01. The minimum absolute atomic E-state index is 0.0516. The van der Waals surface area contributed by atoms with Crippen molar-refractivity contribution in [2.24, 2.45) is 0 Å². The number of pyridine rings is 1. The molecule has 0 bridgehead atoms. The number of aryl methyl sites for hydroxylation is 1. The summed E-state index contributed by atoms with van der Waals surface area (Å²) < 4.78 is 0. The van der Waals surface area contributed by atoms with Gasteiger partial charge < -0.3 is 10.4 Å². The van der Waals surface area contributed by atoms with Crippen LogP contribution in [-0.2, 0) is 6.42 Å². The van der Waals surface area contributed by atoms with Crippen LogP contribution in [0.25, 0.3) is 0 Å². The molecule has 0 unspecified atom stereocenters. The van der Waals surface area contributed by atoms with E-state index >= 15 is 0 Å². The first-order chi connectivity index (χ1) is 8.65. The molecule has 18 heavy (non-hydrogen) atoms. The summed E-state index contributed by atoms with van der Waals surface area (Å²) in [5.41, 5.74) is 1.93. The first-order valence-electron chi connectivity index (χ1n) is 5.49. The molecular weight excluding hydrogens is 250 g/mol. The molecule has 0 amide bonds. The highest BCUT2D eigenvalue weighted by molar-refractivity contribution is 7.09. The maximum atomic E-state index is 10.6. The third-order valence-corrected chi connectivity index (χ3v) is 3.18. The molecule has 0 spiro atoms. The molecule has 2 aromatic rings. The zero-order chi connectivity index (χ0) is 13.0. The van der Waals surface area contributed by atoms with Crippen molar-refractivity contribution in [2.75, 3.05) is 11.9 Å². The first-order valence-corrected chi connectivity index (χ1v) is 6.37. The van der Waals surface area contributed by atoms with Crippen molar-refractivity contribution >= 4 is 23.0 Å². The van der Waals surface area contributed by atoms with Crippen LogP contribution in [0.4, 0.5) is 5.69 Å². The molecule has 0 saturated carbocycles. The Morgan fingerprint density at radius 3 is 2.89 bits per heavy atom. The lowest BCUT2D eigenvalue weighted by Gasteiger charge is -2.04. The fourth-order valence-electron chi connectivity index (χ4n) is 1.48. The number of aromatic nitrogens is 2. The van der Waals surface area contributed by atoms with Gasteiger partial charge in [0.25, 0.3) is 0 Å². The van der Waals surface area contributed by atoms with E-state index in [2.05, 4.69) is 15.3 Å². The van der Waals surface area contributed by atoms with Crippen LogP contribution < -0.4 is 5.32 Å². The Morgan fingerprint density at radius 2 is 2.33 bits per heavy atom. The normalized spacial score (nSPS) is 10.3. The highest BCUT2D eigenvalue weighted by Gasteiger charge is 2.03. The Balaban J connectivity index is 1.85. The van der Waals surface area contributed by atoms with Gasteiger partial charge in [0.2, 0.25) is 0 Å². The second-order valence-corrected chi connectivity index (χ2v) is 4.83. The molecule has 5 nitrogen and oxygen atoms in total. The third-order valence-electron chi connectivity index (χ3n) is 2.36. The van der Waals surface area contributed by atoms with Crippen molar-refractivity contribution in [2.45, 2.75) is 13.3 Å². The second-order valence-electron chi connectivity index (χ2n) is 3.77. The highest BCUT2D eigenvalue weighted by Crippen LogP contribution is 2.10. The van der Waals surface area contributed by atoms with Crippen LogP contribution in [0.3, 0.4) is 0 Å². The molecule has 6 heteroatoms. The zero-order valence-electron chi connectivity index (χ0n) is 9.88. The number of thiazole rings is 1. The van der Waals surface area contributed by atoms with Gasteiger partial charge in [-0.25, -0.2) is 14.8 Å². The summed E-state index contributed by atoms with van der Waals surface area (Å²) in [6.45, 7) is 2.73. The van der Waals surface area contributed by atoms with Crippen LogP contribution >= 0.6 is 11.3 Å². The average Bonchev–Trinajstić information content (AvgIpc) is 2.76. The Kier molecular flexibility index (Phi) is 3.88. The molecule has 94 valence electrons. The fourth-order valence-corrected chi connectivity index (χ4v) is 2.13. The van der Waals surface area contributed by atoms with E-state index in [0.29, 0.717) is 0 Å². The number of hydrogen-bond donors (Lipinski definition) is 2. The number of carbonyl (C=O) groups is 1. The minimum atomic E-state index is -1.01. The van der Waals surface area contributed by atoms with E-state index in [1.165, 1.54) is 12.3 Å². The Bertz CT molecular complexity index is 537. The van der Waals surface area contributed by atoms with Gasteiger partial charge in [0.1, 0.15) is 5.69 Å². The highest BCUT2D eigenvalue weighted by atomic mass is 32.1. The van der Waals surface area contributed by atoms with Gasteiger partial charge in [-0.2, -0.15) is 0 Å². The van der Waals surface area contributed by atoms with Gasteiger partial charge in [-0.05, 0) is 19.1 Å². The molecule has 0 atom stereocenters. The van der Waals surface area contributed by atoms with Gasteiger partial charge in [-0.3, -0.25) is 0 Å². The predicted molar refractivity (Wildman–Crippen MR) is 70.2 cm³/mol. The topological polar surface area (TPSA) is 75.1 Å². The lowest BCUT2D eigenvalue weighted by molar-refractivity contribution is 0.0690. The maximum Gasteiger partial charge on any atom is 0.354 e. The largest absolute Gasteiger partial charge is 0.477 e. The smallest absolute Gasteiger partial charge is 0.354 e. The maximum absolute atomic E-state index is 10.6. The standard InChI is InChI=1S/C12H13N3O2S/c1-8-15-10(7-18-8)4-5-13-9-2-3-11(12(16)17)14-6-9/h2-3,6-7,13H,4-5H2,1H3,(H,16,17). The minimum Gasteiger partial charge on any atom is -0.477 e. The summed E-state index contributed by atoms with van der Waals surface area (Å²) in [5, 5.41) is 15.0. The molecule has 0 saturated heterocycles. The number of nitrogens with zero attached hydrogens (tertiary/aromatic N) is 2. The summed E-state index contributed by atoms with van der Waals surface area (Å²) in [6, 6.07) is 3.19. The summed E-state index contributed by atoms with van der Waals surface area (Å²) in [4.78, 5) is 18.8. The van der Waals surface area contributed by atoms with Crippen LogP contribution in [0, 0.1) is 6.92 Å². The predicted octanol–water partition coefficient (Wildman–Crippen LogP) is 2.20. The van der Waals surface area contributed by atoms with E-state index < -0.39 is 5.97 Å². The van der Waals surface area contributed by atoms with E-state index in [-0.39, 0.29) is 5.69 Å². The van der Waals surface area contributed by atoms with Gasteiger partial charge >= 0.3 is 5.97 Å². The Morgan fingerprint density at radius 1 is 1.50 bits per heavy atom. The van der Waals surface area contributed by atoms with Crippen LogP contribution in [-0.4, -0.2) is 27.6 Å². The summed E-state index contributed by atoms with van der Waals surface area (Å²) >= 11 is 1.64. The van der Waals surface area contributed by atoms with Crippen LogP contribution in [0.5, 0.6) is 0 Å². The van der Waals surface area contributed by atoms with Gasteiger partial charge in [-0.1, -0.05) is 0 Å². The monoisotopic (exact) mass is 263 g/mol. The van der Waals surface area contributed by atoms with Crippen molar-refractivity contribution in [3.63, 3.8) is 0 Å². The summed E-state index contributed by atoms with van der Waals surface area (Å²) in [7, 11) is 0. The van der Waals surface area contributed by atoms with Gasteiger partial charge in [0.15, 0.2) is 0 Å². The van der Waals surface area contributed by atoms with Crippen molar-refractivity contribution in [1.29, 1.82) is 0 Å². The van der Waals surface area contributed by atoms with Gasteiger partial charge in [0, 0.05) is 18.3 Å². The van der Waals surface area contributed by atoms with E-state index in [0.717, 1.165) is 29.4 Å². The van der Waals surface area contributed by atoms with Crippen molar-refractivity contribution in [3.8, 4) is 0 Å². The molecule has 0 aliphatic carbocycles. The van der Waals surface area contributed by atoms with Crippen molar-refractivity contribution in [3.05, 3.63) is 40.1 Å². The van der Waals surface area contributed by atoms with E-state index in [1.807, 2.05) is 12.3 Å². The molecule has 0 aliphatic heterocycles. The Labute approximate surface area is 109 Å². The lowest BCUT2D eigenvalue weighted by Crippen LogP contribution is -2.06. The molecule has 0 radical (unpaired) electrons. The second kappa shape index (κ2) is 5.59. The molecule has 2 heterocycles. The third kappa shape index (κ3) is 3.27. The number of carboxylic acid groups (broad SMARTS) is 1. The summed E-state index contributed by atoms with van der Waals surface area (Å²) in [6.07, 6.45) is 2.36.